The zero-order valence-electron chi connectivity index (χ0n) is 10.3. The minimum Gasteiger partial charge on any atom is -0.330 e. The molecule has 0 saturated carbocycles. The lowest BCUT2D eigenvalue weighted by molar-refractivity contribution is 0.218. The predicted molar refractivity (Wildman–Crippen MR) is 76.1 cm³/mol. The maximum absolute atomic E-state index is 5.73. The number of rotatable bonds is 6. The summed E-state index contributed by atoms with van der Waals surface area (Å²) in [6, 6.07) is 2.20. The molecule has 1 rings (SSSR count). The molecule has 2 nitrogen and oxygen atoms in total. The summed E-state index contributed by atoms with van der Waals surface area (Å²) in [6.45, 7) is 7.31. The Morgan fingerprint density at radius 3 is 2.69 bits per heavy atom. The smallest absolute Gasteiger partial charge is 0.0285 e. The quantitative estimate of drug-likeness (QED) is 0.875. The highest BCUT2D eigenvalue weighted by atomic mass is 79.9. The lowest BCUT2D eigenvalue weighted by Crippen LogP contribution is -2.37. The number of nitrogens with two attached hydrogens (primary N) is 1. The molecule has 1 aromatic rings. The molecule has 0 saturated heterocycles. The van der Waals surface area contributed by atoms with Crippen molar-refractivity contribution in [2.45, 2.75) is 20.3 Å². The normalized spacial score (nSPS) is 12.4. The van der Waals surface area contributed by atoms with Crippen LogP contribution in [0.3, 0.4) is 0 Å². The van der Waals surface area contributed by atoms with Crippen molar-refractivity contribution in [3.8, 4) is 0 Å². The summed E-state index contributed by atoms with van der Waals surface area (Å²) >= 11 is 5.30. The molecule has 0 radical (unpaired) electrons. The van der Waals surface area contributed by atoms with E-state index >= 15 is 0 Å². The van der Waals surface area contributed by atoms with Gasteiger partial charge in [0, 0.05) is 27.8 Å². The predicted octanol–water partition coefficient (Wildman–Crippen LogP) is 2.97. The highest BCUT2D eigenvalue weighted by molar-refractivity contribution is 9.10. The molecule has 0 spiro atoms. The Morgan fingerprint density at radius 2 is 2.19 bits per heavy atom. The van der Waals surface area contributed by atoms with Crippen LogP contribution >= 0.6 is 27.3 Å². The van der Waals surface area contributed by atoms with Gasteiger partial charge in [0.25, 0.3) is 0 Å². The second-order valence-corrected chi connectivity index (χ2v) is 7.00. The van der Waals surface area contributed by atoms with Crippen molar-refractivity contribution in [2.24, 2.45) is 11.1 Å². The number of halogens is 1. The molecule has 92 valence electrons. The Morgan fingerprint density at radius 1 is 1.50 bits per heavy atom. The molecule has 0 atom stereocenters. The largest absolute Gasteiger partial charge is 0.330 e. The van der Waals surface area contributed by atoms with E-state index in [0.717, 1.165) is 26.1 Å². The molecular weight excluding hydrogens is 284 g/mol. The average Bonchev–Trinajstić information content (AvgIpc) is 2.61. The van der Waals surface area contributed by atoms with Gasteiger partial charge < -0.3 is 10.6 Å². The Hall–Kier alpha value is 0.1000. The summed E-state index contributed by atoms with van der Waals surface area (Å²) in [4.78, 5) is 3.80. The summed E-state index contributed by atoms with van der Waals surface area (Å²) in [7, 11) is 2.17. The second-order valence-electron chi connectivity index (χ2n) is 5.09. The minimum absolute atomic E-state index is 0.213. The second kappa shape index (κ2) is 6.15. The van der Waals surface area contributed by atoms with E-state index in [9.17, 15) is 0 Å². The van der Waals surface area contributed by atoms with Crippen molar-refractivity contribution in [2.75, 3.05) is 26.7 Å². The monoisotopic (exact) mass is 304 g/mol. The third-order valence-electron chi connectivity index (χ3n) is 2.61. The zero-order valence-corrected chi connectivity index (χ0v) is 12.7. The van der Waals surface area contributed by atoms with Crippen molar-refractivity contribution in [1.82, 2.24) is 4.90 Å². The summed E-state index contributed by atoms with van der Waals surface area (Å²) in [5.74, 6) is 0. The fourth-order valence-electron chi connectivity index (χ4n) is 1.66. The first-order chi connectivity index (χ1) is 7.43. The van der Waals surface area contributed by atoms with Crippen molar-refractivity contribution in [3.63, 3.8) is 0 Å². The molecule has 1 heterocycles. The van der Waals surface area contributed by atoms with E-state index in [4.69, 9.17) is 5.73 Å². The van der Waals surface area contributed by atoms with Crippen LogP contribution in [0, 0.1) is 5.41 Å². The molecule has 0 aliphatic carbocycles. The SMILES string of the molecule is CN(CCc1cc(Br)cs1)CC(C)(C)CN. The number of likely N-dealkylation sites (N-methyl/N-ethyl adjacent to an activating group) is 1. The van der Waals surface area contributed by atoms with Gasteiger partial charge in [-0.05, 0) is 47.4 Å². The van der Waals surface area contributed by atoms with Crippen LogP contribution in [-0.2, 0) is 6.42 Å². The molecule has 0 unspecified atom stereocenters. The zero-order chi connectivity index (χ0) is 12.2. The van der Waals surface area contributed by atoms with Gasteiger partial charge in [-0.15, -0.1) is 11.3 Å². The van der Waals surface area contributed by atoms with E-state index in [0.29, 0.717) is 0 Å². The van der Waals surface area contributed by atoms with Gasteiger partial charge in [0.15, 0.2) is 0 Å². The Labute approximate surface area is 111 Å². The summed E-state index contributed by atoms with van der Waals surface area (Å²) in [6.07, 6.45) is 1.12. The highest BCUT2D eigenvalue weighted by Gasteiger charge is 2.17. The van der Waals surface area contributed by atoms with Crippen LogP contribution in [0.15, 0.2) is 15.9 Å². The fraction of sp³-hybridized carbons (Fsp3) is 0.667. The molecule has 0 aliphatic heterocycles. The van der Waals surface area contributed by atoms with Gasteiger partial charge in [-0.25, -0.2) is 0 Å². The number of hydrogen-bond acceptors (Lipinski definition) is 3. The van der Waals surface area contributed by atoms with Crippen molar-refractivity contribution >= 4 is 27.3 Å². The number of nitrogens with zero attached hydrogens (tertiary/aromatic N) is 1. The lowest BCUT2D eigenvalue weighted by atomic mass is 9.93. The first-order valence-electron chi connectivity index (χ1n) is 5.54. The Balaban J connectivity index is 2.33. The van der Waals surface area contributed by atoms with Crippen molar-refractivity contribution < 1.29 is 0 Å². The molecule has 2 N–H and O–H groups in total. The van der Waals surface area contributed by atoms with Crippen LogP contribution in [0.4, 0.5) is 0 Å². The lowest BCUT2D eigenvalue weighted by Gasteiger charge is -2.28. The van der Waals surface area contributed by atoms with E-state index in [-0.39, 0.29) is 5.41 Å². The fourth-order valence-corrected chi connectivity index (χ4v) is 3.10. The Kier molecular flexibility index (Phi) is 5.44. The first-order valence-corrected chi connectivity index (χ1v) is 7.22. The molecule has 0 amide bonds. The third-order valence-corrected chi connectivity index (χ3v) is 4.37. The van der Waals surface area contributed by atoms with E-state index in [1.807, 2.05) is 11.3 Å². The molecule has 16 heavy (non-hydrogen) atoms. The van der Waals surface area contributed by atoms with Crippen molar-refractivity contribution in [1.29, 1.82) is 0 Å². The van der Waals surface area contributed by atoms with Gasteiger partial charge in [-0.3, -0.25) is 0 Å². The van der Waals surface area contributed by atoms with Crippen LogP contribution in [-0.4, -0.2) is 31.6 Å². The first kappa shape index (κ1) is 14.2. The number of thiophene rings is 1. The minimum atomic E-state index is 0.213. The molecule has 0 aromatic carbocycles. The van der Waals surface area contributed by atoms with E-state index in [1.54, 1.807) is 0 Å². The van der Waals surface area contributed by atoms with Crippen LogP contribution in [0.2, 0.25) is 0 Å². The summed E-state index contributed by atoms with van der Waals surface area (Å²) in [5.41, 5.74) is 5.95. The maximum Gasteiger partial charge on any atom is 0.0285 e. The van der Waals surface area contributed by atoms with Crippen LogP contribution < -0.4 is 5.73 Å². The summed E-state index contributed by atoms with van der Waals surface area (Å²) < 4.78 is 1.19. The Bertz CT molecular complexity index is 323. The maximum atomic E-state index is 5.73. The molecule has 0 fully saturated rings. The van der Waals surface area contributed by atoms with Crippen LogP contribution in [0.5, 0.6) is 0 Å². The van der Waals surface area contributed by atoms with Gasteiger partial charge in [-0.1, -0.05) is 13.8 Å². The van der Waals surface area contributed by atoms with E-state index < -0.39 is 0 Å². The third kappa shape index (κ3) is 4.95. The highest BCUT2D eigenvalue weighted by Crippen LogP contribution is 2.20. The average molecular weight is 305 g/mol. The summed E-state index contributed by atoms with van der Waals surface area (Å²) in [5, 5.41) is 2.14. The molecular formula is C12H21BrN2S. The molecule has 0 aliphatic rings. The van der Waals surface area contributed by atoms with Crippen LogP contribution in [0.1, 0.15) is 18.7 Å². The van der Waals surface area contributed by atoms with Gasteiger partial charge in [0.1, 0.15) is 0 Å². The van der Waals surface area contributed by atoms with Gasteiger partial charge in [0.2, 0.25) is 0 Å². The van der Waals surface area contributed by atoms with Gasteiger partial charge >= 0.3 is 0 Å². The van der Waals surface area contributed by atoms with E-state index in [2.05, 4.69) is 53.2 Å². The molecule has 1 aromatic heterocycles. The topological polar surface area (TPSA) is 29.3 Å². The van der Waals surface area contributed by atoms with Gasteiger partial charge in [0.05, 0.1) is 0 Å². The van der Waals surface area contributed by atoms with Crippen molar-refractivity contribution in [3.05, 3.63) is 20.8 Å². The van der Waals surface area contributed by atoms with Crippen LogP contribution in [0.25, 0.3) is 0 Å². The number of hydrogen-bond donors (Lipinski definition) is 1. The molecule has 4 heteroatoms. The van der Waals surface area contributed by atoms with Gasteiger partial charge in [-0.2, -0.15) is 0 Å². The molecule has 0 bridgehead atoms. The van der Waals surface area contributed by atoms with E-state index in [1.165, 1.54) is 9.35 Å². The standard InChI is InChI=1S/C12H21BrN2S/c1-12(2,8-14)9-15(3)5-4-11-6-10(13)7-16-11/h6-7H,4-5,8-9,14H2,1-3H3.